The summed E-state index contributed by atoms with van der Waals surface area (Å²) < 4.78 is 0. The Morgan fingerprint density at radius 1 is 1.36 bits per heavy atom. The van der Waals surface area contributed by atoms with Crippen molar-refractivity contribution in [2.45, 2.75) is 51.6 Å². The Hall–Kier alpha value is 0.270. The van der Waals surface area contributed by atoms with Crippen molar-refractivity contribution in [2.24, 2.45) is 11.8 Å². The normalized spacial score (nSPS) is 35.6. The van der Waals surface area contributed by atoms with Gasteiger partial charge in [-0.15, -0.1) is 11.8 Å². The SMILES string of the molecule is CC(C)C(O)C1CSC(C)(C(C)C)N1. The highest BCUT2D eigenvalue weighted by molar-refractivity contribution is 8.00. The number of aliphatic hydroxyl groups excluding tert-OH is 1. The third-order valence-corrected chi connectivity index (χ3v) is 4.95. The summed E-state index contributed by atoms with van der Waals surface area (Å²) in [4.78, 5) is 0.139. The summed E-state index contributed by atoms with van der Waals surface area (Å²) in [5, 5.41) is 13.5. The van der Waals surface area contributed by atoms with Crippen LogP contribution in [0.5, 0.6) is 0 Å². The van der Waals surface area contributed by atoms with Crippen molar-refractivity contribution in [1.82, 2.24) is 5.32 Å². The molecule has 1 rings (SSSR count). The fourth-order valence-corrected chi connectivity index (χ4v) is 3.07. The lowest BCUT2D eigenvalue weighted by atomic mass is 9.98. The van der Waals surface area contributed by atoms with Crippen LogP contribution in [0.3, 0.4) is 0 Å². The Labute approximate surface area is 91.9 Å². The molecule has 0 amide bonds. The zero-order valence-electron chi connectivity index (χ0n) is 9.87. The van der Waals surface area contributed by atoms with Crippen molar-refractivity contribution in [2.75, 3.05) is 5.75 Å². The lowest BCUT2D eigenvalue weighted by molar-refractivity contribution is 0.0865. The first-order valence-electron chi connectivity index (χ1n) is 5.46. The maximum Gasteiger partial charge on any atom is 0.0724 e. The van der Waals surface area contributed by atoms with Crippen LogP contribution in [0.4, 0.5) is 0 Å². The fourth-order valence-electron chi connectivity index (χ4n) is 1.70. The van der Waals surface area contributed by atoms with Gasteiger partial charge in [0.25, 0.3) is 0 Å². The maximum absolute atomic E-state index is 9.96. The Balaban J connectivity index is 2.57. The molecular weight excluding hydrogens is 194 g/mol. The average Bonchev–Trinajstić information content (AvgIpc) is 2.48. The fraction of sp³-hybridized carbons (Fsp3) is 1.00. The van der Waals surface area contributed by atoms with Gasteiger partial charge in [-0.1, -0.05) is 27.7 Å². The summed E-state index contributed by atoms with van der Waals surface area (Å²) >= 11 is 1.94. The predicted molar refractivity (Wildman–Crippen MR) is 63.5 cm³/mol. The van der Waals surface area contributed by atoms with E-state index in [0.29, 0.717) is 11.8 Å². The summed E-state index contributed by atoms with van der Waals surface area (Å²) in [6, 6.07) is 0.257. The van der Waals surface area contributed by atoms with Crippen molar-refractivity contribution in [1.29, 1.82) is 0 Å². The largest absolute Gasteiger partial charge is 0.391 e. The second-order valence-corrected chi connectivity index (χ2v) is 6.53. The second kappa shape index (κ2) is 4.42. The van der Waals surface area contributed by atoms with Crippen molar-refractivity contribution < 1.29 is 5.11 Å². The van der Waals surface area contributed by atoms with Gasteiger partial charge in [0, 0.05) is 11.8 Å². The van der Waals surface area contributed by atoms with Gasteiger partial charge in [-0.25, -0.2) is 0 Å². The molecular formula is C11H23NOS. The Morgan fingerprint density at radius 3 is 2.29 bits per heavy atom. The first-order chi connectivity index (χ1) is 6.37. The summed E-state index contributed by atoms with van der Waals surface area (Å²) in [5.74, 6) is 1.95. The third-order valence-electron chi connectivity index (χ3n) is 3.23. The molecule has 3 unspecified atom stereocenters. The lowest BCUT2D eigenvalue weighted by Gasteiger charge is -2.31. The van der Waals surface area contributed by atoms with E-state index in [1.165, 1.54) is 0 Å². The van der Waals surface area contributed by atoms with Crippen LogP contribution in [0, 0.1) is 11.8 Å². The predicted octanol–water partition coefficient (Wildman–Crippen LogP) is 2.08. The van der Waals surface area contributed by atoms with E-state index in [1.54, 1.807) is 0 Å². The monoisotopic (exact) mass is 217 g/mol. The molecule has 0 spiro atoms. The van der Waals surface area contributed by atoms with Crippen molar-refractivity contribution in [3.63, 3.8) is 0 Å². The molecule has 1 aliphatic rings. The molecule has 0 aromatic rings. The van der Waals surface area contributed by atoms with Gasteiger partial charge in [-0.3, -0.25) is 5.32 Å². The lowest BCUT2D eigenvalue weighted by Crippen LogP contribution is -2.49. The highest BCUT2D eigenvalue weighted by Crippen LogP contribution is 2.37. The molecule has 2 N–H and O–H groups in total. The van der Waals surface area contributed by atoms with E-state index in [1.807, 2.05) is 11.8 Å². The van der Waals surface area contributed by atoms with Crippen LogP contribution in [0.25, 0.3) is 0 Å². The standard InChI is InChI=1S/C11H23NOS/c1-7(2)10(13)9-6-14-11(5,12-9)8(3)4/h7-10,12-13H,6H2,1-5H3. The number of hydrogen-bond donors (Lipinski definition) is 2. The van der Waals surface area contributed by atoms with Gasteiger partial charge in [0.1, 0.15) is 0 Å². The maximum atomic E-state index is 9.96. The summed E-state index contributed by atoms with van der Waals surface area (Å²) in [6.45, 7) is 10.8. The van der Waals surface area contributed by atoms with Crippen LogP contribution in [0.15, 0.2) is 0 Å². The topological polar surface area (TPSA) is 32.3 Å². The molecule has 1 heterocycles. The molecule has 0 aromatic carbocycles. The van der Waals surface area contributed by atoms with Gasteiger partial charge in [0.2, 0.25) is 0 Å². The highest BCUT2D eigenvalue weighted by atomic mass is 32.2. The molecule has 14 heavy (non-hydrogen) atoms. The molecule has 1 fully saturated rings. The molecule has 1 saturated heterocycles. The molecule has 0 aromatic heterocycles. The first kappa shape index (κ1) is 12.3. The molecule has 3 heteroatoms. The van der Waals surface area contributed by atoms with Crippen LogP contribution < -0.4 is 5.32 Å². The van der Waals surface area contributed by atoms with Crippen molar-refractivity contribution >= 4 is 11.8 Å². The molecule has 1 aliphatic heterocycles. The number of aliphatic hydroxyl groups is 1. The Kier molecular flexibility index (Phi) is 3.89. The zero-order valence-corrected chi connectivity index (χ0v) is 10.7. The van der Waals surface area contributed by atoms with Gasteiger partial charge >= 0.3 is 0 Å². The molecule has 0 bridgehead atoms. The minimum Gasteiger partial charge on any atom is -0.391 e. The molecule has 2 nitrogen and oxygen atoms in total. The zero-order chi connectivity index (χ0) is 10.9. The van der Waals surface area contributed by atoms with Gasteiger partial charge < -0.3 is 5.11 Å². The van der Waals surface area contributed by atoms with Gasteiger partial charge in [-0.2, -0.15) is 0 Å². The molecule has 0 aliphatic carbocycles. The smallest absolute Gasteiger partial charge is 0.0724 e. The van der Waals surface area contributed by atoms with Crippen molar-refractivity contribution in [3.05, 3.63) is 0 Å². The van der Waals surface area contributed by atoms with E-state index in [0.717, 1.165) is 5.75 Å². The summed E-state index contributed by atoms with van der Waals surface area (Å²) in [7, 11) is 0. The summed E-state index contributed by atoms with van der Waals surface area (Å²) in [6.07, 6.45) is -0.219. The Bertz CT molecular complexity index is 196. The van der Waals surface area contributed by atoms with E-state index in [4.69, 9.17) is 0 Å². The van der Waals surface area contributed by atoms with Crippen LogP contribution in [0.2, 0.25) is 0 Å². The van der Waals surface area contributed by atoms with Crippen LogP contribution >= 0.6 is 11.8 Å². The van der Waals surface area contributed by atoms with E-state index in [9.17, 15) is 5.11 Å². The minimum absolute atomic E-state index is 0.139. The van der Waals surface area contributed by atoms with Crippen LogP contribution in [-0.2, 0) is 0 Å². The van der Waals surface area contributed by atoms with Crippen molar-refractivity contribution in [3.8, 4) is 0 Å². The number of nitrogens with one attached hydrogen (secondary N) is 1. The molecule has 3 atom stereocenters. The quantitative estimate of drug-likeness (QED) is 0.759. The molecule has 84 valence electrons. The second-order valence-electron chi connectivity index (χ2n) is 5.06. The van der Waals surface area contributed by atoms with Gasteiger partial charge in [0.05, 0.1) is 11.0 Å². The minimum atomic E-state index is -0.219. The average molecular weight is 217 g/mol. The molecule has 0 saturated carbocycles. The first-order valence-corrected chi connectivity index (χ1v) is 6.45. The van der Waals surface area contributed by atoms with E-state index < -0.39 is 0 Å². The van der Waals surface area contributed by atoms with E-state index in [2.05, 4.69) is 39.9 Å². The van der Waals surface area contributed by atoms with Crippen LogP contribution in [0.1, 0.15) is 34.6 Å². The van der Waals surface area contributed by atoms with Crippen LogP contribution in [-0.4, -0.2) is 27.9 Å². The number of thioether (sulfide) groups is 1. The number of hydrogen-bond acceptors (Lipinski definition) is 3. The van der Waals surface area contributed by atoms with Gasteiger partial charge in [0.15, 0.2) is 0 Å². The number of rotatable bonds is 3. The van der Waals surface area contributed by atoms with E-state index >= 15 is 0 Å². The Morgan fingerprint density at radius 2 is 1.93 bits per heavy atom. The third kappa shape index (κ3) is 2.44. The summed E-state index contributed by atoms with van der Waals surface area (Å²) in [5.41, 5.74) is 0. The van der Waals surface area contributed by atoms with E-state index in [-0.39, 0.29) is 17.0 Å². The highest BCUT2D eigenvalue weighted by Gasteiger charge is 2.40. The van der Waals surface area contributed by atoms with Gasteiger partial charge in [-0.05, 0) is 18.8 Å². The molecule has 0 radical (unpaired) electrons.